The van der Waals surface area contributed by atoms with Gasteiger partial charge in [0.1, 0.15) is 16.8 Å². The average molecular weight is 298 g/mol. The van der Waals surface area contributed by atoms with Gasteiger partial charge in [-0.05, 0) is 26.0 Å². The van der Waals surface area contributed by atoms with Gasteiger partial charge in [0.15, 0.2) is 6.34 Å². The van der Waals surface area contributed by atoms with Gasteiger partial charge < -0.3 is 14.0 Å². The summed E-state index contributed by atoms with van der Waals surface area (Å²) in [5.74, 6) is 2.12. The molecular weight excluding hydrogens is 279 g/mol. The molecule has 1 aliphatic rings. The van der Waals surface area contributed by atoms with Crippen LogP contribution in [0.25, 0.3) is 0 Å². The fraction of sp³-hybridized carbons (Fsp3) is 0.429. The zero-order valence-electron chi connectivity index (χ0n) is 11.7. The van der Waals surface area contributed by atoms with E-state index in [1.54, 1.807) is 14.2 Å². The molecule has 1 unspecified atom stereocenters. The lowest BCUT2D eigenvalue weighted by atomic mass is 10.2. The summed E-state index contributed by atoms with van der Waals surface area (Å²) >= 11 is 1.53. The molecule has 1 aromatic carbocycles. The number of ether oxygens (including phenoxy) is 2. The van der Waals surface area contributed by atoms with Crippen molar-refractivity contribution in [2.24, 2.45) is 0 Å². The van der Waals surface area contributed by atoms with E-state index in [1.807, 2.05) is 18.2 Å². The minimum Gasteiger partial charge on any atom is -0.496 e. The normalized spacial score (nSPS) is 23.4. The standard InChI is InChI=1S/C14H19O3PS/c1-10-8-18(15,19-9-11(10)2)14-12(16-3)6-5-7-13(14)17-4/h5-7H,8-9H2,1-4H3. The Morgan fingerprint density at radius 2 is 1.68 bits per heavy atom. The van der Waals surface area contributed by atoms with Gasteiger partial charge in [-0.3, -0.25) is 0 Å². The van der Waals surface area contributed by atoms with E-state index in [0.29, 0.717) is 17.7 Å². The first kappa shape index (κ1) is 14.5. The topological polar surface area (TPSA) is 35.5 Å². The Kier molecular flexibility index (Phi) is 4.32. The summed E-state index contributed by atoms with van der Waals surface area (Å²) in [6.45, 7) is 4.16. The number of hydrogen-bond donors (Lipinski definition) is 0. The summed E-state index contributed by atoms with van der Waals surface area (Å²) in [4.78, 5) is 0. The molecule has 5 heteroatoms. The third kappa shape index (κ3) is 2.70. The summed E-state index contributed by atoms with van der Waals surface area (Å²) < 4.78 is 24.1. The highest BCUT2D eigenvalue weighted by molar-refractivity contribution is 8.60. The summed E-state index contributed by atoms with van der Waals surface area (Å²) in [6, 6.07) is 5.55. The van der Waals surface area contributed by atoms with Crippen molar-refractivity contribution in [2.75, 3.05) is 26.1 Å². The maximum atomic E-state index is 13.3. The first-order chi connectivity index (χ1) is 9.01. The Balaban J connectivity index is 2.55. The van der Waals surface area contributed by atoms with Gasteiger partial charge in [-0.25, -0.2) is 0 Å². The lowest BCUT2D eigenvalue weighted by Gasteiger charge is -2.27. The van der Waals surface area contributed by atoms with Gasteiger partial charge in [0.2, 0.25) is 0 Å². The van der Waals surface area contributed by atoms with Crippen LogP contribution in [0.1, 0.15) is 13.8 Å². The molecule has 0 aromatic heterocycles. The zero-order chi connectivity index (χ0) is 14.0. The number of rotatable bonds is 3. The molecule has 3 nitrogen and oxygen atoms in total. The largest absolute Gasteiger partial charge is 0.496 e. The van der Waals surface area contributed by atoms with Crippen LogP contribution in [0.3, 0.4) is 0 Å². The second-order valence-electron chi connectivity index (χ2n) is 4.68. The predicted molar refractivity (Wildman–Crippen MR) is 82.5 cm³/mol. The molecule has 19 heavy (non-hydrogen) atoms. The van der Waals surface area contributed by atoms with E-state index < -0.39 is 6.34 Å². The van der Waals surface area contributed by atoms with Crippen LogP contribution in [0.15, 0.2) is 29.3 Å². The van der Waals surface area contributed by atoms with E-state index in [1.165, 1.54) is 22.5 Å². The van der Waals surface area contributed by atoms with Crippen LogP contribution < -0.4 is 14.8 Å². The average Bonchev–Trinajstić information content (AvgIpc) is 2.42. The van der Waals surface area contributed by atoms with Crippen LogP contribution in [0.5, 0.6) is 11.5 Å². The van der Waals surface area contributed by atoms with Crippen molar-refractivity contribution < 1.29 is 14.0 Å². The Morgan fingerprint density at radius 1 is 1.11 bits per heavy atom. The second-order valence-corrected chi connectivity index (χ2v) is 9.88. The molecule has 0 radical (unpaired) electrons. The number of allylic oxidation sites excluding steroid dienone is 1. The minimum atomic E-state index is -2.56. The molecule has 2 rings (SSSR count). The fourth-order valence-corrected chi connectivity index (χ4v) is 8.04. The van der Waals surface area contributed by atoms with E-state index >= 15 is 0 Å². The van der Waals surface area contributed by atoms with Gasteiger partial charge in [-0.1, -0.05) is 28.6 Å². The molecular formula is C14H19O3PS. The lowest BCUT2D eigenvalue weighted by Crippen LogP contribution is -2.16. The Bertz CT molecular complexity index is 544. The molecule has 1 aliphatic heterocycles. The molecule has 0 spiro atoms. The van der Waals surface area contributed by atoms with Crippen molar-refractivity contribution in [3.8, 4) is 11.5 Å². The molecule has 0 N–H and O–H groups in total. The molecule has 0 aliphatic carbocycles. The Labute approximate surface area is 118 Å². The van der Waals surface area contributed by atoms with E-state index in [-0.39, 0.29) is 0 Å². The van der Waals surface area contributed by atoms with Gasteiger partial charge >= 0.3 is 0 Å². The van der Waals surface area contributed by atoms with E-state index in [0.717, 1.165) is 11.1 Å². The predicted octanol–water partition coefficient (Wildman–Crippen LogP) is 3.69. The molecule has 0 fully saturated rings. The second kappa shape index (κ2) is 5.64. The van der Waals surface area contributed by atoms with Crippen LogP contribution >= 0.6 is 17.7 Å². The molecule has 1 atom stereocenters. The molecule has 0 bridgehead atoms. The first-order valence-electron chi connectivity index (χ1n) is 6.12. The smallest absolute Gasteiger partial charge is 0.178 e. The highest BCUT2D eigenvalue weighted by Gasteiger charge is 2.35. The zero-order valence-corrected chi connectivity index (χ0v) is 13.4. The lowest BCUT2D eigenvalue weighted by molar-refractivity contribution is 0.400. The van der Waals surface area contributed by atoms with Crippen molar-refractivity contribution in [2.45, 2.75) is 13.8 Å². The number of methoxy groups -OCH3 is 2. The van der Waals surface area contributed by atoms with Crippen LogP contribution in [-0.4, -0.2) is 26.1 Å². The summed E-state index contributed by atoms with van der Waals surface area (Å²) in [6.07, 6.45) is -1.96. The van der Waals surface area contributed by atoms with Crippen LogP contribution in [0.2, 0.25) is 0 Å². The number of hydrogen-bond acceptors (Lipinski definition) is 4. The van der Waals surface area contributed by atoms with Crippen molar-refractivity contribution in [3.63, 3.8) is 0 Å². The van der Waals surface area contributed by atoms with Gasteiger partial charge in [0.05, 0.1) is 14.2 Å². The summed E-state index contributed by atoms with van der Waals surface area (Å²) in [7, 11) is 3.21. The quantitative estimate of drug-likeness (QED) is 0.630. The summed E-state index contributed by atoms with van der Waals surface area (Å²) in [5.41, 5.74) is 2.54. The maximum Gasteiger partial charge on any atom is 0.178 e. The molecule has 0 saturated heterocycles. The van der Waals surface area contributed by atoms with Gasteiger partial charge in [0, 0.05) is 11.9 Å². The van der Waals surface area contributed by atoms with E-state index in [9.17, 15) is 4.57 Å². The number of benzene rings is 1. The first-order valence-corrected chi connectivity index (χ1v) is 9.60. The van der Waals surface area contributed by atoms with E-state index in [4.69, 9.17) is 9.47 Å². The minimum absolute atomic E-state index is 0.597. The fourth-order valence-electron chi connectivity index (χ4n) is 2.13. The third-order valence-corrected chi connectivity index (χ3v) is 8.97. The van der Waals surface area contributed by atoms with Crippen molar-refractivity contribution in [3.05, 3.63) is 29.3 Å². The highest BCUT2D eigenvalue weighted by Crippen LogP contribution is 2.64. The van der Waals surface area contributed by atoms with E-state index in [2.05, 4.69) is 13.8 Å². The van der Waals surface area contributed by atoms with Crippen LogP contribution in [-0.2, 0) is 4.57 Å². The SMILES string of the molecule is COc1cccc(OC)c1P1(=O)CC(C)=C(C)CS1. The van der Waals surface area contributed by atoms with Crippen molar-refractivity contribution in [1.82, 2.24) is 0 Å². The van der Waals surface area contributed by atoms with Crippen molar-refractivity contribution in [1.29, 1.82) is 0 Å². The molecule has 1 heterocycles. The molecule has 104 valence electrons. The summed E-state index contributed by atoms with van der Waals surface area (Å²) in [5, 5.41) is 0.733. The van der Waals surface area contributed by atoms with Crippen LogP contribution in [0, 0.1) is 0 Å². The van der Waals surface area contributed by atoms with Gasteiger partial charge in [-0.2, -0.15) is 0 Å². The Morgan fingerprint density at radius 3 is 2.16 bits per heavy atom. The Hall–Kier alpha value is -0.860. The molecule has 0 saturated carbocycles. The molecule has 1 aromatic rings. The monoisotopic (exact) mass is 298 g/mol. The molecule has 0 amide bonds. The van der Waals surface area contributed by atoms with Crippen LogP contribution in [0.4, 0.5) is 0 Å². The van der Waals surface area contributed by atoms with Gasteiger partial charge in [-0.15, -0.1) is 0 Å². The maximum absolute atomic E-state index is 13.3. The highest BCUT2D eigenvalue weighted by atomic mass is 32.7. The third-order valence-electron chi connectivity index (χ3n) is 3.41. The van der Waals surface area contributed by atoms with Gasteiger partial charge in [0.25, 0.3) is 0 Å². The van der Waals surface area contributed by atoms with Crippen molar-refractivity contribution >= 4 is 23.0 Å².